The Kier molecular flexibility index (Phi) is 6.73. The van der Waals surface area contributed by atoms with E-state index in [0.29, 0.717) is 29.3 Å². The Morgan fingerprint density at radius 1 is 1.36 bits per heavy atom. The smallest absolute Gasteiger partial charge is 0.323 e. The van der Waals surface area contributed by atoms with Gasteiger partial charge < -0.3 is 15.2 Å². The predicted octanol–water partition coefficient (Wildman–Crippen LogP) is 3.61. The van der Waals surface area contributed by atoms with Crippen molar-refractivity contribution >= 4 is 35.0 Å². The number of methoxy groups -OCH3 is 1. The number of H-pyrrole nitrogens is 1. The van der Waals surface area contributed by atoms with Crippen LogP contribution in [0, 0.1) is 5.82 Å². The normalized spacial score (nSPS) is 18.8. The Morgan fingerprint density at radius 3 is 2.91 bits per heavy atom. The third-order valence-corrected chi connectivity index (χ3v) is 6.35. The van der Waals surface area contributed by atoms with E-state index in [9.17, 15) is 9.18 Å². The molecule has 3 aromatic rings. The number of nitrogens with one attached hydrogen (secondary N) is 2. The molecule has 3 heterocycles. The highest BCUT2D eigenvalue weighted by Gasteiger charge is 2.36. The number of hydrogen-bond acceptors (Lipinski definition) is 6. The predicted molar refractivity (Wildman–Crippen MR) is 122 cm³/mol. The molecule has 174 valence electrons. The summed E-state index contributed by atoms with van der Waals surface area (Å²) in [6.07, 6.45) is 5.32. The molecule has 1 aromatic carbocycles. The van der Waals surface area contributed by atoms with Gasteiger partial charge in [-0.05, 0) is 25.1 Å². The SMILES string of the molecule is COC(=O)C1CC([n+]2cc(-c3cnc(N)c(OC(C)c4c(Cl)ccc(F)c4Cl)c3)c[nH]2)CN1. The molecule has 0 aliphatic carbocycles. The van der Waals surface area contributed by atoms with Crippen LogP contribution >= 0.6 is 23.2 Å². The monoisotopic (exact) mass is 494 g/mol. The van der Waals surface area contributed by atoms with E-state index in [0.717, 1.165) is 11.1 Å². The molecule has 3 atom stereocenters. The quantitative estimate of drug-likeness (QED) is 0.274. The fraction of sp³-hybridized carbons (Fsp3) is 0.318. The van der Waals surface area contributed by atoms with Crippen LogP contribution in [-0.2, 0) is 9.53 Å². The van der Waals surface area contributed by atoms with Crippen molar-refractivity contribution in [2.24, 2.45) is 0 Å². The molecule has 1 aliphatic heterocycles. The number of aromatic nitrogens is 3. The summed E-state index contributed by atoms with van der Waals surface area (Å²) in [5.41, 5.74) is 7.96. The van der Waals surface area contributed by atoms with Gasteiger partial charge in [0.05, 0.1) is 30.4 Å². The Morgan fingerprint density at radius 2 is 2.15 bits per heavy atom. The van der Waals surface area contributed by atoms with Crippen LogP contribution in [0.4, 0.5) is 10.2 Å². The van der Waals surface area contributed by atoms with Crippen LogP contribution in [0.5, 0.6) is 5.75 Å². The lowest BCUT2D eigenvalue weighted by Crippen LogP contribution is -2.41. The van der Waals surface area contributed by atoms with E-state index >= 15 is 0 Å². The Balaban J connectivity index is 1.54. The minimum Gasteiger partial charge on any atom is -0.482 e. The lowest BCUT2D eigenvalue weighted by molar-refractivity contribution is -0.770. The van der Waals surface area contributed by atoms with Gasteiger partial charge in [0, 0.05) is 28.8 Å². The topological polar surface area (TPSA) is 106 Å². The molecule has 4 N–H and O–H groups in total. The fourth-order valence-corrected chi connectivity index (χ4v) is 4.54. The summed E-state index contributed by atoms with van der Waals surface area (Å²) >= 11 is 12.3. The number of ether oxygens (including phenoxy) is 2. The van der Waals surface area contributed by atoms with Gasteiger partial charge in [-0.3, -0.25) is 10.1 Å². The number of carbonyl (C=O) groups is 1. The highest BCUT2D eigenvalue weighted by Crippen LogP contribution is 2.36. The van der Waals surface area contributed by atoms with E-state index in [-0.39, 0.29) is 28.9 Å². The number of nitrogens with zero attached hydrogens (tertiary/aromatic N) is 2. The van der Waals surface area contributed by atoms with Crippen molar-refractivity contribution < 1.29 is 23.3 Å². The number of pyridine rings is 1. The van der Waals surface area contributed by atoms with Gasteiger partial charge in [-0.15, -0.1) is 4.68 Å². The first-order chi connectivity index (χ1) is 15.8. The molecular weight excluding hydrogens is 472 g/mol. The third kappa shape index (κ3) is 4.75. The van der Waals surface area contributed by atoms with Gasteiger partial charge in [0.25, 0.3) is 0 Å². The number of carbonyl (C=O) groups excluding carboxylic acids is 1. The van der Waals surface area contributed by atoms with Crippen LogP contribution in [0.1, 0.15) is 31.1 Å². The summed E-state index contributed by atoms with van der Waals surface area (Å²) in [6.45, 7) is 2.33. The van der Waals surface area contributed by atoms with Crippen molar-refractivity contribution in [1.29, 1.82) is 0 Å². The standard InChI is InChI=1S/C22H22Cl2FN5O3/c1-11(19-15(23)3-4-16(25)20(19)24)33-18-5-12(7-28-21(18)26)13-8-29-30(10-13)14-6-17(27-9-14)22(31)32-2/h3-5,7-8,10-11,14,17,27H,6,9H2,1-2H3,(H2,26,28)/p+1. The van der Waals surface area contributed by atoms with Crippen molar-refractivity contribution in [2.75, 3.05) is 19.4 Å². The highest BCUT2D eigenvalue weighted by atomic mass is 35.5. The zero-order valence-electron chi connectivity index (χ0n) is 17.9. The van der Waals surface area contributed by atoms with Crippen LogP contribution in [0.2, 0.25) is 10.0 Å². The van der Waals surface area contributed by atoms with E-state index < -0.39 is 11.9 Å². The summed E-state index contributed by atoms with van der Waals surface area (Å²) in [5.74, 6) is -0.364. The number of benzene rings is 1. The molecule has 0 saturated carbocycles. The van der Waals surface area contributed by atoms with Gasteiger partial charge in [0.1, 0.15) is 18.0 Å². The molecule has 8 nitrogen and oxygen atoms in total. The molecule has 4 rings (SSSR count). The average molecular weight is 495 g/mol. The molecule has 0 amide bonds. The zero-order chi connectivity index (χ0) is 23.7. The van der Waals surface area contributed by atoms with Crippen molar-refractivity contribution in [3.8, 4) is 16.9 Å². The third-order valence-electron chi connectivity index (χ3n) is 5.64. The molecule has 1 aliphatic rings. The van der Waals surface area contributed by atoms with E-state index in [1.165, 1.54) is 19.2 Å². The molecule has 0 bridgehead atoms. The van der Waals surface area contributed by atoms with Crippen molar-refractivity contribution in [3.63, 3.8) is 0 Å². The lowest BCUT2D eigenvalue weighted by Gasteiger charge is -2.19. The van der Waals surface area contributed by atoms with Gasteiger partial charge in [0.15, 0.2) is 17.6 Å². The lowest BCUT2D eigenvalue weighted by atomic mass is 10.1. The molecule has 1 saturated heterocycles. The first kappa shape index (κ1) is 23.3. The van der Waals surface area contributed by atoms with Gasteiger partial charge >= 0.3 is 5.97 Å². The van der Waals surface area contributed by atoms with Crippen molar-refractivity contribution in [2.45, 2.75) is 31.5 Å². The summed E-state index contributed by atoms with van der Waals surface area (Å²) in [5, 5.41) is 6.55. The van der Waals surface area contributed by atoms with E-state index in [2.05, 4.69) is 15.4 Å². The molecule has 0 radical (unpaired) electrons. The van der Waals surface area contributed by atoms with E-state index in [4.69, 9.17) is 38.4 Å². The number of anilines is 1. The fourth-order valence-electron chi connectivity index (χ4n) is 3.86. The van der Waals surface area contributed by atoms with Crippen LogP contribution in [-0.4, -0.2) is 35.7 Å². The maximum Gasteiger partial charge on any atom is 0.323 e. The largest absolute Gasteiger partial charge is 0.482 e. The maximum atomic E-state index is 13.9. The van der Waals surface area contributed by atoms with Gasteiger partial charge in [-0.2, -0.15) is 5.10 Å². The highest BCUT2D eigenvalue weighted by molar-refractivity contribution is 6.36. The Bertz CT molecular complexity index is 1190. The van der Waals surface area contributed by atoms with Crippen molar-refractivity contribution in [1.82, 2.24) is 15.4 Å². The van der Waals surface area contributed by atoms with E-state index in [1.54, 1.807) is 19.2 Å². The molecule has 1 fully saturated rings. The van der Waals surface area contributed by atoms with E-state index in [1.807, 2.05) is 17.1 Å². The summed E-state index contributed by atoms with van der Waals surface area (Å²) in [7, 11) is 1.38. The second-order valence-corrected chi connectivity index (χ2v) is 8.55. The second kappa shape index (κ2) is 9.54. The number of hydrogen-bond donors (Lipinski definition) is 3. The number of nitrogen functional groups attached to an aromatic ring is 1. The van der Waals surface area contributed by atoms with Crippen LogP contribution < -0.4 is 20.5 Å². The minimum absolute atomic E-state index is 0.0672. The molecule has 0 spiro atoms. The second-order valence-electron chi connectivity index (χ2n) is 7.76. The van der Waals surface area contributed by atoms with Gasteiger partial charge in [-0.25, -0.2) is 9.37 Å². The molecule has 3 unspecified atom stereocenters. The molecular formula is C22H23Cl2FN5O3+. The summed E-state index contributed by atoms with van der Waals surface area (Å²) in [6, 6.07) is 4.11. The molecule has 2 aromatic heterocycles. The van der Waals surface area contributed by atoms with Crippen LogP contribution in [0.15, 0.2) is 36.8 Å². The Labute approximate surface area is 199 Å². The summed E-state index contributed by atoms with van der Waals surface area (Å²) < 4.78 is 26.6. The number of halogens is 3. The average Bonchev–Trinajstić information content (AvgIpc) is 3.47. The zero-order valence-corrected chi connectivity index (χ0v) is 19.5. The molecule has 11 heteroatoms. The van der Waals surface area contributed by atoms with Gasteiger partial charge in [-0.1, -0.05) is 23.2 Å². The van der Waals surface area contributed by atoms with Crippen LogP contribution in [0.25, 0.3) is 11.1 Å². The Hall–Kier alpha value is -2.88. The first-order valence-electron chi connectivity index (χ1n) is 10.2. The molecule has 33 heavy (non-hydrogen) atoms. The van der Waals surface area contributed by atoms with Crippen LogP contribution in [0.3, 0.4) is 0 Å². The number of esters is 1. The van der Waals surface area contributed by atoms with Gasteiger partial charge in [0.2, 0.25) is 6.20 Å². The van der Waals surface area contributed by atoms with Crippen molar-refractivity contribution in [3.05, 3.63) is 58.2 Å². The number of nitrogens with two attached hydrogens (primary N) is 1. The summed E-state index contributed by atoms with van der Waals surface area (Å²) in [4.78, 5) is 16.0. The first-order valence-corrected chi connectivity index (χ1v) is 11.0. The number of rotatable bonds is 6. The number of aromatic amines is 1. The maximum absolute atomic E-state index is 13.9. The minimum atomic E-state index is -0.670.